The summed E-state index contributed by atoms with van der Waals surface area (Å²) >= 11 is 0. The zero-order valence-electron chi connectivity index (χ0n) is 11.8. The van der Waals surface area contributed by atoms with E-state index >= 15 is 0 Å². The quantitative estimate of drug-likeness (QED) is 0.875. The molecule has 2 aromatic rings. The van der Waals surface area contributed by atoms with Crippen molar-refractivity contribution in [3.05, 3.63) is 65.5 Å². The summed E-state index contributed by atoms with van der Waals surface area (Å²) in [5.74, 6) is -0.0605. The van der Waals surface area contributed by atoms with Gasteiger partial charge in [0.25, 0.3) is 5.91 Å². The molecule has 0 aliphatic rings. The summed E-state index contributed by atoms with van der Waals surface area (Å²) in [6.45, 7) is 2.88. The molecule has 0 aliphatic carbocycles. The highest BCUT2D eigenvalue weighted by Gasteiger charge is 2.05. The van der Waals surface area contributed by atoms with Crippen LogP contribution in [0.4, 0.5) is 0 Å². The van der Waals surface area contributed by atoms with Crippen molar-refractivity contribution in [2.24, 2.45) is 0 Å². The van der Waals surface area contributed by atoms with E-state index in [-0.39, 0.29) is 11.9 Å². The van der Waals surface area contributed by atoms with Gasteiger partial charge in [0.15, 0.2) is 0 Å². The Labute approximate surface area is 119 Å². The molecule has 1 amide bonds. The third kappa shape index (κ3) is 3.65. The molecule has 0 saturated carbocycles. The molecule has 104 valence electrons. The highest BCUT2D eigenvalue weighted by molar-refractivity contribution is 5.93. The van der Waals surface area contributed by atoms with Crippen molar-refractivity contribution in [2.75, 3.05) is 7.05 Å². The molecule has 0 saturated heterocycles. The van der Waals surface area contributed by atoms with Crippen LogP contribution in [0.15, 0.2) is 48.8 Å². The number of amides is 1. The molecule has 0 aliphatic heterocycles. The molecule has 0 fully saturated rings. The first-order valence-corrected chi connectivity index (χ1v) is 6.65. The van der Waals surface area contributed by atoms with E-state index < -0.39 is 0 Å². The Morgan fingerprint density at radius 2 is 1.80 bits per heavy atom. The van der Waals surface area contributed by atoms with Crippen molar-refractivity contribution in [2.45, 2.75) is 19.5 Å². The van der Waals surface area contributed by atoms with Crippen LogP contribution >= 0.6 is 0 Å². The van der Waals surface area contributed by atoms with Gasteiger partial charge in [-0.05, 0) is 42.3 Å². The van der Waals surface area contributed by atoms with E-state index in [0.29, 0.717) is 5.56 Å². The average Bonchev–Trinajstić information content (AvgIpc) is 2.53. The van der Waals surface area contributed by atoms with Crippen LogP contribution in [0.3, 0.4) is 0 Å². The zero-order chi connectivity index (χ0) is 14.4. The first kappa shape index (κ1) is 14.2. The van der Waals surface area contributed by atoms with E-state index in [1.54, 1.807) is 19.4 Å². The summed E-state index contributed by atoms with van der Waals surface area (Å²) in [5.41, 5.74) is 3.04. The van der Waals surface area contributed by atoms with E-state index in [2.05, 4.69) is 22.5 Å². The van der Waals surface area contributed by atoms with Crippen molar-refractivity contribution in [3.63, 3.8) is 0 Å². The Balaban J connectivity index is 1.93. The first-order valence-electron chi connectivity index (χ1n) is 6.65. The lowest BCUT2D eigenvalue weighted by atomic mass is 10.1. The van der Waals surface area contributed by atoms with Gasteiger partial charge in [0.2, 0.25) is 0 Å². The second-order valence-corrected chi connectivity index (χ2v) is 4.66. The smallest absolute Gasteiger partial charge is 0.251 e. The zero-order valence-corrected chi connectivity index (χ0v) is 11.8. The lowest BCUT2D eigenvalue weighted by Crippen LogP contribution is -2.19. The molecule has 0 radical (unpaired) electrons. The van der Waals surface area contributed by atoms with Gasteiger partial charge in [-0.3, -0.25) is 9.78 Å². The molecule has 0 bridgehead atoms. The second-order valence-electron chi connectivity index (χ2n) is 4.66. The fourth-order valence-electron chi connectivity index (χ4n) is 1.96. The number of carbonyl (C=O) groups excluding carboxylic acids is 1. The minimum absolute atomic E-state index is 0.0605. The van der Waals surface area contributed by atoms with E-state index in [1.807, 2.05) is 36.4 Å². The third-order valence-electron chi connectivity index (χ3n) is 3.26. The topological polar surface area (TPSA) is 54.0 Å². The summed E-state index contributed by atoms with van der Waals surface area (Å²) in [5, 5.41) is 6.06. The summed E-state index contributed by atoms with van der Waals surface area (Å²) in [6, 6.07) is 11.9. The van der Waals surface area contributed by atoms with Crippen LogP contribution in [-0.4, -0.2) is 17.9 Å². The minimum Gasteiger partial charge on any atom is -0.355 e. The fraction of sp³-hybridized carbons (Fsp3) is 0.250. The van der Waals surface area contributed by atoms with Gasteiger partial charge in [-0.2, -0.15) is 0 Å². The van der Waals surface area contributed by atoms with Gasteiger partial charge in [0.05, 0.1) is 0 Å². The maximum atomic E-state index is 11.4. The second kappa shape index (κ2) is 6.82. The minimum atomic E-state index is -0.0605. The largest absolute Gasteiger partial charge is 0.355 e. The number of hydrogen-bond donors (Lipinski definition) is 2. The summed E-state index contributed by atoms with van der Waals surface area (Å²) in [4.78, 5) is 15.5. The molecular weight excluding hydrogens is 250 g/mol. The van der Waals surface area contributed by atoms with Gasteiger partial charge in [-0.25, -0.2) is 0 Å². The van der Waals surface area contributed by atoms with Crippen molar-refractivity contribution in [1.82, 2.24) is 15.6 Å². The highest BCUT2D eigenvalue weighted by atomic mass is 16.1. The van der Waals surface area contributed by atoms with Gasteiger partial charge in [0, 0.05) is 37.6 Å². The normalized spacial score (nSPS) is 11.9. The number of rotatable bonds is 5. The van der Waals surface area contributed by atoms with E-state index in [1.165, 1.54) is 5.56 Å². The molecule has 2 rings (SSSR count). The fourth-order valence-corrected chi connectivity index (χ4v) is 1.96. The van der Waals surface area contributed by atoms with E-state index in [9.17, 15) is 4.79 Å². The molecule has 1 atom stereocenters. The number of carbonyl (C=O) groups is 1. The molecule has 2 N–H and O–H groups in total. The van der Waals surface area contributed by atoms with Crippen molar-refractivity contribution >= 4 is 5.91 Å². The molecule has 0 unspecified atom stereocenters. The number of nitrogens with zero attached hydrogens (tertiary/aromatic N) is 1. The summed E-state index contributed by atoms with van der Waals surface area (Å²) in [6.07, 6.45) is 3.59. The Morgan fingerprint density at radius 3 is 2.40 bits per heavy atom. The Kier molecular flexibility index (Phi) is 4.85. The average molecular weight is 269 g/mol. The third-order valence-corrected chi connectivity index (χ3v) is 3.26. The maximum Gasteiger partial charge on any atom is 0.251 e. The van der Waals surface area contributed by atoms with Crippen LogP contribution in [0.5, 0.6) is 0 Å². The number of nitrogens with one attached hydrogen (secondary N) is 2. The molecule has 1 aromatic carbocycles. The predicted molar refractivity (Wildman–Crippen MR) is 79.3 cm³/mol. The monoisotopic (exact) mass is 269 g/mol. The van der Waals surface area contributed by atoms with Gasteiger partial charge < -0.3 is 10.6 Å². The van der Waals surface area contributed by atoms with Crippen molar-refractivity contribution < 1.29 is 4.79 Å². The number of hydrogen-bond acceptors (Lipinski definition) is 3. The summed E-state index contributed by atoms with van der Waals surface area (Å²) in [7, 11) is 1.63. The number of pyridine rings is 1. The molecule has 4 heteroatoms. The lowest BCUT2D eigenvalue weighted by molar-refractivity contribution is 0.0963. The van der Waals surface area contributed by atoms with Crippen LogP contribution in [0, 0.1) is 0 Å². The first-order chi connectivity index (χ1) is 9.70. The highest BCUT2D eigenvalue weighted by Crippen LogP contribution is 2.12. The standard InChI is InChI=1S/C16H19N3O/c1-12(14-7-9-18-10-8-14)19-11-13-3-5-15(6-4-13)16(20)17-2/h3-10,12,19H,11H2,1-2H3,(H,17,20)/t12-/m1/s1. The Morgan fingerprint density at radius 1 is 1.15 bits per heavy atom. The van der Waals surface area contributed by atoms with E-state index in [0.717, 1.165) is 12.1 Å². The molecule has 1 heterocycles. The molecule has 1 aromatic heterocycles. The summed E-state index contributed by atoms with van der Waals surface area (Å²) < 4.78 is 0. The Hall–Kier alpha value is -2.20. The number of benzene rings is 1. The van der Waals surface area contributed by atoms with Gasteiger partial charge >= 0.3 is 0 Å². The molecule has 20 heavy (non-hydrogen) atoms. The van der Waals surface area contributed by atoms with Crippen LogP contribution in [0.25, 0.3) is 0 Å². The molecule has 0 spiro atoms. The maximum absolute atomic E-state index is 11.4. The lowest BCUT2D eigenvalue weighted by Gasteiger charge is -2.14. The SMILES string of the molecule is CNC(=O)c1ccc(CN[C@H](C)c2ccncc2)cc1. The van der Waals surface area contributed by atoms with Crippen LogP contribution in [0.2, 0.25) is 0 Å². The Bertz CT molecular complexity index is 552. The van der Waals surface area contributed by atoms with Crippen molar-refractivity contribution in [3.8, 4) is 0 Å². The van der Waals surface area contributed by atoms with Crippen LogP contribution in [-0.2, 0) is 6.54 Å². The van der Waals surface area contributed by atoms with Crippen molar-refractivity contribution in [1.29, 1.82) is 0 Å². The molecular formula is C16H19N3O. The van der Waals surface area contributed by atoms with Crippen LogP contribution < -0.4 is 10.6 Å². The van der Waals surface area contributed by atoms with Crippen LogP contribution in [0.1, 0.15) is 34.5 Å². The number of aromatic nitrogens is 1. The van der Waals surface area contributed by atoms with Gasteiger partial charge in [0.1, 0.15) is 0 Å². The van der Waals surface area contributed by atoms with Gasteiger partial charge in [-0.1, -0.05) is 12.1 Å². The predicted octanol–water partition coefficient (Wildman–Crippen LogP) is 2.29. The van der Waals surface area contributed by atoms with E-state index in [4.69, 9.17) is 0 Å². The molecule has 4 nitrogen and oxygen atoms in total. The van der Waals surface area contributed by atoms with Gasteiger partial charge in [-0.15, -0.1) is 0 Å².